The number of hydrogen-bond donors (Lipinski definition) is 2. The third-order valence-corrected chi connectivity index (χ3v) is 8.74. The van der Waals surface area contributed by atoms with Gasteiger partial charge in [0.2, 0.25) is 0 Å². The van der Waals surface area contributed by atoms with Gasteiger partial charge in [-0.1, -0.05) is 36.4 Å². The molecule has 0 atom stereocenters. The van der Waals surface area contributed by atoms with Crippen LogP contribution in [-0.2, 0) is 17.8 Å². The number of aryl methyl sites for hydroxylation is 1. The van der Waals surface area contributed by atoms with Gasteiger partial charge in [0, 0.05) is 79.6 Å². The Labute approximate surface area is 257 Å². The summed E-state index contributed by atoms with van der Waals surface area (Å²) in [7, 11) is 0. The van der Waals surface area contributed by atoms with Crippen molar-refractivity contribution >= 4 is 22.8 Å². The maximum absolute atomic E-state index is 12.7. The van der Waals surface area contributed by atoms with Crippen LogP contribution >= 0.6 is 0 Å². The normalized spacial score (nSPS) is 16.0. The number of carbonyl (C=O) groups is 1. The Morgan fingerprint density at radius 3 is 2.41 bits per heavy atom. The number of hydrogen-bond acceptors (Lipinski definition) is 5. The Hall–Kier alpha value is -4.47. The van der Waals surface area contributed by atoms with E-state index in [1.807, 2.05) is 40.0 Å². The van der Waals surface area contributed by atoms with Gasteiger partial charge in [0.1, 0.15) is 11.3 Å². The fourth-order valence-corrected chi connectivity index (χ4v) is 6.23. The number of benzene rings is 2. The number of piperidine rings is 1. The molecule has 0 unspecified atom stereocenters. The minimum atomic E-state index is -0.0254. The molecule has 2 fully saturated rings. The Bertz CT molecular complexity index is 1730. The standard InChI is InChI=1S/C35H39N7O2/c1-2-42-24-31(33(39-42)27-10-12-28(13-11-27)37-35(43)41-16-4-3-5-17-41)29-14-15-36-34-30(29)22-32(38-34)26-8-6-25(7-9-26)23-40-18-20-44-21-19-40/h6-15,22,24H,2-5,16-21,23H2,1H3,(H,36,38)(H,37,43). The van der Waals surface area contributed by atoms with E-state index in [2.05, 4.69) is 69.7 Å². The maximum Gasteiger partial charge on any atom is 0.321 e. The van der Waals surface area contributed by atoms with Crippen molar-refractivity contribution in [1.82, 2.24) is 29.5 Å². The molecule has 0 saturated carbocycles. The Kier molecular flexibility index (Phi) is 8.13. The summed E-state index contributed by atoms with van der Waals surface area (Å²) in [6, 6.07) is 21.0. The number of aromatic amines is 1. The summed E-state index contributed by atoms with van der Waals surface area (Å²) in [6.45, 7) is 9.03. The van der Waals surface area contributed by atoms with E-state index in [1.54, 1.807) is 0 Å². The molecule has 2 saturated heterocycles. The summed E-state index contributed by atoms with van der Waals surface area (Å²) in [6.07, 6.45) is 7.31. The smallest absolute Gasteiger partial charge is 0.321 e. The zero-order chi connectivity index (χ0) is 29.9. The highest BCUT2D eigenvalue weighted by molar-refractivity contribution is 5.99. The second kappa shape index (κ2) is 12.6. The van der Waals surface area contributed by atoms with Crippen LogP contribution < -0.4 is 5.32 Å². The highest BCUT2D eigenvalue weighted by Crippen LogP contribution is 2.37. The summed E-state index contributed by atoms with van der Waals surface area (Å²) >= 11 is 0. The van der Waals surface area contributed by atoms with E-state index in [1.165, 1.54) is 12.0 Å². The number of fused-ring (bicyclic) bond motifs is 1. The molecular formula is C35H39N7O2. The fraction of sp³-hybridized carbons (Fsp3) is 0.343. The molecule has 226 valence electrons. The number of morpholine rings is 1. The summed E-state index contributed by atoms with van der Waals surface area (Å²) in [5.41, 5.74) is 9.15. The molecule has 9 heteroatoms. The molecule has 2 N–H and O–H groups in total. The van der Waals surface area contributed by atoms with E-state index in [0.717, 1.165) is 116 Å². The van der Waals surface area contributed by atoms with Crippen molar-refractivity contribution in [3.05, 3.63) is 78.6 Å². The van der Waals surface area contributed by atoms with Crippen LogP contribution in [0.5, 0.6) is 0 Å². The minimum Gasteiger partial charge on any atom is -0.379 e. The zero-order valence-corrected chi connectivity index (χ0v) is 25.3. The molecule has 0 spiro atoms. The van der Waals surface area contributed by atoms with Gasteiger partial charge in [0.15, 0.2) is 0 Å². The van der Waals surface area contributed by atoms with Crippen LogP contribution in [-0.4, -0.2) is 75.0 Å². The van der Waals surface area contributed by atoms with Crippen LogP contribution in [0.2, 0.25) is 0 Å². The van der Waals surface area contributed by atoms with Crippen molar-refractivity contribution in [1.29, 1.82) is 0 Å². The number of anilines is 1. The number of urea groups is 1. The average Bonchev–Trinajstić information content (AvgIpc) is 3.71. The Balaban J connectivity index is 1.15. The summed E-state index contributed by atoms with van der Waals surface area (Å²) < 4.78 is 7.46. The number of nitrogens with zero attached hydrogens (tertiary/aromatic N) is 5. The van der Waals surface area contributed by atoms with Crippen molar-refractivity contribution in [2.45, 2.75) is 39.3 Å². The van der Waals surface area contributed by atoms with Crippen LogP contribution in [0.1, 0.15) is 31.7 Å². The molecule has 2 aliphatic rings. The first-order chi connectivity index (χ1) is 21.6. The summed E-state index contributed by atoms with van der Waals surface area (Å²) in [5.74, 6) is 0. The second-order valence-corrected chi connectivity index (χ2v) is 11.7. The maximum atomic E-state index is 12.7. The van der Waals surface area contributed by atoms with Gasteiger partial charge in [0.05, 0.1) is 13.2 Å². The molecule has 7 rings (SSSR count). The first-order valence-electron chi connectivity index (χ1n) is 15.8. The molecule has 2 aliphatic heterocycles. The lowest BCUT2D eigenvalue weighted by molar-refractivity contribution is 0.0342. The minimum absolute atomic E-state index is 0.0254. The predicted molar refractivity (Wildman–Crippen MR) is 174 cm³/mol. The Morgan fingerprint density at radius 2 is 1.66 bits per heavy atom. The van der Waals surface area contributed by atoms with E-state index >= 15 is 0 Å². The highest BCUT2D eigenvalue weighted by Gasteiger charge is 2.19. The second-order valence-electron chi connectivity index (χ2n) is 11.7. The molecule has 5 aromatic rings. The molecule has 2 aromatic carbocycles. The molecule has 5 heterocycles. The molecule has 9 nitrogen and oxygen atoms in total. The number of pyridine rings is 1. The number of H-pyrrole nitrogens is 1. The van der Waals surface area contributed by atoms with E-state index in [0.29, 0.717) is 0 Å². The fourth-order valence-electron chi connectivity index (χ4n) is 6.23. The van der Waals surface area contributed by atoms with E-state index in [-0.39, 0.29) is 6.03 Å². The van der Waals surface area contributed by atoms with Gasteiger partial charge >= 0.3 is 6.03 Å². The van der Waals surface area contributed by atoms with Gasteiger partial charge in [-0.3, -0.25) is 9.58 Å². The molecule has 0 radical (unpaired) electrons. The van der Waals surface area contributed by atoms with Crippen LogP contribution in [0, 0.1) is 0 Å². The van der Waals surface area contributed by atoms with Gasteiger partial charge in [-0.05, 0) is 67.1 Å². The van der Waals surface area contributed by atoms with Crippen molar-refractivity contribution in [2.24, 2.45) is 0 Å². The quantitative estimate of drug-likeness (QED) is 0.222. The van der Waals surface area contributed by atoms with Gasteiger partial charge in [-0.15, -0.1) is 0 Å². The number of carbonyl (C=O) groups excluding carboxylic acids is 1. The summed E-state index contributed by atoms with van der Waals surface area (Å²) in [5, 5.41) is 9.07. The average molecular weight is 590 g/mol. The first kappa shape index (κ1) is 28.3. The first-order valence-corrected chi connectivity index (χ1v) is 15.8. The van der Waals surface area contributed by atoms with E-state index in [4.69, 9.17) is 9.84 Å². The van der Waals surface area contributed by atoms with E-state index in [9.17, 15) is 4.79 Å². The zero-order valence-electron chi connectivity index (χ0n) is 25.3. The number of likely N-dealkylation sites (tertiary alicyclic amines) is 1. The third-order valence-electron chi connectivity index (χ3n) is 8.74. The number of aromatic nitrogens is 4. The van der Waals surface area contributed by atoms with Gasteiger partial charge in [-0.2, -0.15) is 5.10 Å². The lowest BCUT2D eigenvalue weighted by Gasteiger charge is -2.26. The van der Waals surface area contributed by atoms with Gasteiger partial charge in [0.25, 0.3) is 0 Å². The SMILES string of the molecule is CCn1cc(-c2ccnc3[nH]c(-c4ccc(CN5CCOCC5)cc4)cc23)c(-c2ccc(NC(=O)N3CCCCC3)cc2)n1. The number of rotatable bonds is 7. The van der Waals surface area contributed by atoms with Gasteiger partial charge < -0.3 is 19.9 Å². The lowest BCUT2D eigenvalue weighted by atomic mass is 10.00. The Morgan fingerprint density at radius 1 is 0.909 bits per heavy atom. The largest absolute Gasteiger partial charge is 0.379 e. The van der Waals surface area contributed by atoms with E-state index < -0.39 is 0 Å². The number of ether oxygens (including phenoxy) is 1. The molecule has 0 aliphatic carbocycles. The van der Waals surface area contributed by atoms with Crippen molar-refractivity contribution < 1.29 is 9.53 Å². The van der Waals surface area contributed by atoms with Crippen LogP contribution in [0.3, 0.4) is 0 Å². The van der Waals surface area contributed by atoms with Crippen LogP contribution in [0.15, 0.2) is 73.1 Å². The molecular weight excluding hydrogens is 550 g/mol. The van der Waals surface area contributed by atoms with Crippen molar-refractivity contribution in [3.63, 3.8) is 0 Å². The number of nitrogens with one attached hydrogen (secondary N) is 2. The van der Waals surface area contributed by atoms with Crippen molar-refractivity contribution in [3.8, 4) is 33.6 Å². The van der Waals surface area contributed by atoms with Crippen LogP contribution in [0.25, 0.3) is 44.7 Å². The van der Waals surface area contributed by atoms with Crippen molar-refractivity contribution in [2.75, 3.05) is 44.7 Å². The van der Waals surface area contributed by atoms with Gasteiger partial charge in [-0.25, -0.2) is 9.78 Å². The molecule has 2 amide bonds. The lowest BCUT2D eigenvalue weighted by Crippen LogP contribution is -2.38. The third kappa shape index (κ3) is 5.98. The highest BCUT2D eigenvalue weighted by atomic mass is 16.5. The predicted octanol–water partition coefficient (Wildman–Crippen LogP) is 6.63. The number of amides is 2. The monoisotopic (exact) mass is 589 g/mol. The summed E-state index contributed by atoms with van der Waals surface area (Å²) in [4.78, 5) is 25.3. The molecule has 3 aromatic heterocycles. The molecule has 0 bridgehead atoms. The molecule has 44 heavy (non-hydrogen) atoms. The topological polar surface area (TPSA) is 91.3 Å². The van der Waals surface area contributed by atoms with Crippen LogP contribution in [0.4, 0.5) is 10.5 Å².